The maximum absolute atomic E-state index is 4.51. The Labute approximate surface area is 162 Å². The summed E-state index contributed by atoms with van der Waals surface area (Å²) in [5, 5.41) is 5.50. The van der Waals surface area contributed by atoms with Gasteiger partial charge in [0.2, 0.25) is 0 Å². The van der Waals surface area contributed by atoms with Gasteiger partial charge in [-0.2, -0.15) is 11.3 Å². The molecule has 0 saturated carbocycles. The molecule has 3 heteroatoms. The van der Waals surface area contributed by atoms with Crippen molar-refractivity contribution < 1.29 is 0 Å². The lowest BCUT2D eigenvalue weighted by molar-refractivity contribution is 1.12. The minimum Gasteiger partial charge on any atom is -0.316 e. The molecule has 0 spiro atoms. The number of aromatic nitrogens is 2. The molecule has 0 atom stereocenters. The number of fused-ring (bicyclic) bond motifs is 1. The van der Waals surface area contributed by atoms with Crippen LogP contribution >= 0.6 is 11.3 Å². The topological polar surface area (TPSA) is 17.8 Å². The van der Waals surface area contributed by atoms with Crippen LogP contribution in [0.3, 0.4) is 0 Å². The van der Waals surface area contributed by atoms with Crippen LogP contribution in [0.4, 0.5) is 0 Å². The Morgan fingerprint density at radius 2 is 1.67 bits per heavy atom. The van der Waals surface area contributed by atoms with Crippen molar-refractivity contribution in [2.75, 3.05) is 0 Å². The summed E-state index contributed by atoms with van der Waals surface area (Å²) >= 11 is 1.71. The molecular formula is C24H18N2S. The Balaban J connectivity index is 1.71. The first-order valence-corrected chi connectivity index (χ1v) is 9.89. The number of hydrogen-bond acceptors (Lipinski definition) is 2. The summed E-state index contributed by atoms with van der Waals surface area (Å²) in [6.07, 6.45) is 6.12. The molecule has 0 fully saturated rings. The molecule has 27 heavy (non-hydrogen) atoms. The third kappa shape index (κ3) is 2.86. The first-order valence-electron chi connectivity index (χ1n) is 8.95. The summed E-state index contributed by atoms with van der Waals surface area (Å²) in [6.45, 7) is 2.12. The van der Waals surface area contributed by atoms with Crippen LogP contribution in [0, 0.1) is 6.92 Å². The van der Waals surface area contributed by atoms with Crippen LogP contribution in [0.1, 0.15) is 5.56 Å². The zero-order valence-electron chi connectivity index (χ0n) is 15.0. The highest BCUT2D eigenvalue weighted by Gasteiger charge is 2.12. The maximum Gasteiger partial charge on any atom is 0.0534 e. The lowest BCUT2D eigenvalue weighted by atomic mass is 10.0. The fraction of sp³-hybridized carbons (Fsp3) is 0.0417. The van der Waals surface area contributed by atoms with E-state index >= 15 is 0 Å². The Bertz CT molecular complexity index is 1220. The van der Waals surface area contributed by atoms with E-state index in [9.17, 15) is 0 Å². The molecule has 3 heterocycles. The van der Waals surface area contributed by atoms with Crippen LogP contribution < -0.4 is 0 Å². The standard InChI is InChI=1S/C24H18N2S/c1-17-6-8-21(9-7-17)26-15-23(22-4-2-3-5-24(22)26)20-12-19(13-25-14-20)18-10-11-27-16-18/h2-16H,1H3. The van der Waals surface area contributed by atoms with Crippen LogP contribution in [0.5, 0.6) is 0 Å². The Hall–Kier alpha value is -3.17. The van der Waals surface area contributed by atoms with Crippen LogP contribution in [0.15, 0.2) is 90.0 Å². The summed E-state index contributed by atoms with van der Waals surface area (Å²) in [4.78, 5) is 4.51. The summed E-state index contributed by atoms with van der Waals surface area (Å²) in [5.74, 6) is 0. The molecular weight excluding hydrogens is 348 g/mol. The Morgan fingerprint density at radius 1 is 0.852 bits per heavy atom. The van der Waals surface area contributed by atoms with Gasteiger partial charge in [0, 0.05) is 46.4 Å². The molecule has 0 radical (unpaired) electrons. The highest BCUT2D eigenvalue weighted by atomic mass is 32.1. The number of benzene rings is 2. The van der Waals surface area contributed by atoms with E-state index in [2.05, 4.69) is 94.1 Å². The molecule has 3 aromatic heterocycles. The average Bonchev–Trinajstić information content (AvgIpc) is 3.37. The third-order valence-corrected chi connectivity index (χ3v) is 5.61. The fourth-order valence-corrected chi connectivity index (χ4v) is 4.17. The molecule has 5 rings (SSSR count). The molecule has 0 saturated heterocycles. The number of aryl methyl sites for hydroxylation is 1. The van der Waals surface area contributed by atoms with Crippen molar-refractivity contribution in [3.63, 3.8) is 0 Å². The molecule has 2 nitrogen and oxygen atoms in total. The van der Waals surface area contributed by atoms with E-state index in [1.54, 1.807) is 11.3 Å². The van der Waals surface area contributed by atoms with Crippen molar-refractivity contribution in [1.29, 1.82) is 0 Å². The van der Waals surface area contributed by atoms with Gasteiger partial charge in [-0.15, -0.1) is 0 Å². The van der Waals surface area contributed by atoms with Crippen LogP contribution in [0.25, 0.3) is 38.8 Å². The largest absolute Gasteiger partial charge is 0.316 e. The normalized spacial score (nSPS) is 11.1. The van der Waals surface area contributed by atoms with E-state index in [-0.39, 0.29) is 0 Å². The second-order valence-corrected chi connectivity index (χ2v) is 7.52. The van der Waals surface area contributed by atoms with Crippen molar-refractivity contribution in [2.45, 2.75) is 6.92 Å². The zero-order chi connectivity index (χ0) is 18.2. The third-order valence-electron chi connectivity index (χ3n) is 4.93. The molecule has 0 unspecified atom stereocenters. The lowest BCUT2D eigenvalue weighted by Crippen LogP contribution is -1.91. The second kappa shape index (κ2) is 6.53. The van der Waals surface area contributed by atoms with Crippen LogP contribution in [-0.4, -0.2) is 9.55 Å². The summed E-state index contributed by atoms with van der Waals surface area (Å²) in [5.41, 5.74) is 8.36. The SMILES string of the molecule is Cc1ccc(-n2cc(-c3cncc(-c4ccsc4)c3)c3ccccc32)cc1. The molecule has 5 aromatic rings. The Morgan fingerprint density at radius 3 is 2.48 bits per heavy atom. The highest BCUT2D eigenvalue weighted by Crippen LogP contribution is 2.34. The van der Waals surface area contributed by atoms with Crippen molar-refractivity contribution >= 4 is 22.2 Å². The predicted octanol–water partition coefficient (Wildman–Crippen LogP) is 6.73. The number of pyridine rings is 1. The van der Waals surface area contributed by atoms with Gasteiger partial charge >= 0.3 is 0 Å². The minimum atomic E-state index is 1.14. The lowest BCUT2D eigenvalue weighted by Gasteiger charge is -2.05. The highest BCUT2D eigenvalue weighted by molar-refractivity contribution is 7.08. The molecule has 0 amide bonds. The van der Waals surface area contributed by atoms with E-state index < -0.39 is 0 Å². The number of nitrogens with zero attached hydrogens (tertiary/aromatic N) is 2. The quantitative estimate of drug-likeness (QED) is 0.346. The van der Waals surface area contributed by atoms with Gasteiger partial charge in [-0.05, 0) is 53.6 Å². The van der Waals surface area contributed by atoms with E-state index in [4.69, 9.17) is 0 Å². The molecule has 130 valence electrons. The molecule has 2 aromatic carbocycles. The number of rotatable bonds is 3. The second-order valence-electron chi connectivity index (χ2n) is 6.74. The van der Waals surface area contributed by atoms with E-state index in [1.165, 1.54) is 33.3 Å². The number of hydrogen-bond donors (Lipinski definition) is 0. The van der Waals surface area contributed by atoms with Gasteiger partial charge in [0.25, 0.3) is 0 Å². The van der Waals surface area contributed by atoms with E-state index in [0.29, 0.717) is 0 Å². The Kier molecular flexibility index (Phi) is 3.88. The molecule has 0 bridgehead atoms. The number of para-hydroxylation sites is 1. The molecule has 0 N–H and O–H groups in total. The van der Waals surface area contributed by atoms with E-state index in [1.807, 2.05) is 12.4 Å². The van der Waals surface area contributed by atoms with Crippen LogP contribution in [-0.2, 0) is 0 Å². The van der Waals surface area contributed by atoms with Gasteiger partial charge in [0.05, 0.1) is 5.52 Å². The zero-order valence-corrected chi connectivity index (χ0v) is 15.8. The van der Waals surface area contributed by atoms with Crippen molar-refractivity contribution in [2.24, 2.45) is 0 Å². The van der Waals surface area contributed by atoms with Gasteiger partial charge in [-0.25, -0.2) is 0 Å². The van der Waals surface area contributed by atoms with Gasteiger partial charge in [0.1, 0.15) is 0 Å². The molecule has 0 aliphatic rings. The average molecular weight is 366 g/mol. The van der Waals surface area contributed by atoms with Crippen molar-refractivity contribution in [3.8, 4) is 27.9 Å². The van der Waals surface area contributed by atoms with Crippen LogP contribution in [0.2, 0.25) is 0 Å². The smallest absolute Gasteiger partial charge is 0.0534 e. The fourth-order valence-electron chi connectivity index (χ4n) is 3.50. The summed E-state index contributed by atoms with van der Waals surface area (Å²) in [7, 11) is 0. The molecule has 0 aliphatic carbocycles. The number of thiophene rings is 1. The van der Waals surface area contributed by atoms with Gasteiger partial charge in [-0.3, -0.25) is 4.98 Å². The van der Waals surface area contributed by atoms with E-state index in [0.717, 1.165) is 11.1 Å². The van der Waals surface area contributed by atoms with Crippen molar-refractivity contribution in [3.05, 3.63) is 95.6 Å². The maximum atomic E-state index is 4.51. The predicted molar refractivity (Wildman–Crippen MR) is 115 cm³/mol. The van der Waals surface area contributed by atoms with Gasteiger partial charge in [0.15, 0.2) is 0 Å². The monoisotopic (exact) mass is 366 g/mol. The first-order chi connectivity index (χ1) is 13.3. The summed E-state index contributed by atoms with van der Waals surface area (Å²) in [6, 6.07) is 21.6. The summed E-state index contributed by atoms with van der Waals surface area (Å²) < 4.78 is 2.27. The van der Waals surface area contributed by atoms with Gasteiger partial charge < -0.3 is 4.57 Å². The molecule has 0 aliphatic heterocycles. The van der Waals surface area contributed by atoms with Crippen molar-refractivity contribution in [1.82, 2.24) is 9.55 Å². The van der Waals surface area contributed by atoms with Gasteiger partial charge in [-0.1, -0.05) is 35.9 Å². The minimum absolute atomic E-state index is 1.14. The first kappa shape index (κ1) is 16.0.